The summed E-state index contributed by atoms with van der Waals surface area (Å²) in [5, 5.41) is 12.6. The Bertz CT molecular complexity index is 732. The van der Waals surface area contributed by atoms with Crippen molar-refractivity contribution in [3.63, 3.8) is 0 Å². The summed E-state index contributed by atoms with van der Waals surface area (Å²) in [5.74, 6) is 1.85. The van der Waals surface area contributed by atoms with E-state index < -0.39 is 0 Å². The molecule has 1 spiro atoms. The van der Waals surface area contributed by atoms with Crippen LogP contribution in [0.3, 0.4) is 0 Å². The second-order valence-electron chi connectivity index (χ2n) is 9.27. The molecule has 0 saturated carbocycles. The van der Waals surface area contributed by atoms with E-state index in [1.165, 1.54) is 0 Å². The van der Waals surface area contributed by atoms with Gasteiger partial charge in [0.15, 0.2) is 0 Å². The van der Waals surface area contributed by atoms with Crippen LogP contribution in [0.2, 0.25) is 0 Å². The third kappa shape index (κ3) is 4.72. The Hall–Kier alpha value is -1.73. The quantitative estimate of drug-likeness (QED) is 0.679. The first kappa shape index (κ1) is 22.0. The molecule has 1 saturated heterocycles. The van der Waals surface area contributed by atoms with E-state index >= 15 is 0 Å². The SMILES string of the molecule is CCOCCC(=O)N1CCCC2(CCc3c(NCCO)nc(C(C)(C)C)nc32)C1. The molecule has 1 aromatic rings. The van der Waals surface area contributed by atoms with E-state index in [2.05, 4.69) is 26.1 Å². The van der Waals surface area contributed by atoms with Crippen LogP contribution in [0, 0.1) is 0 Å². The highest BCUT2D eigenvalue weighted by atomic mass is 16.5. The van der Waals surface area contributed by atoms with Gasteiger partial charge in [-0.3, -0.25) is 4.79 Å². The standard InChI is InChI=1S/C22H36N4O3/c1-5-29-14-8-17(28)26-12-6-9-22(15-26)10-7-16-18(22)24-20(21(2,3)4)25-19(16)23-11-13-27/h27H,5-15H2,1-4H3,(H,23,24,25). The van der Waals surface area contributed by atoms with Crippen LogP contribution < -0.4 is 5.32 Å². The van der Waals surface area contributed by atoms with Gasteiger partial charge in [-0.2, -0.15) is 0 Å². The van der Waals surface area contributed by atoms with Gasteiger partial charge in [0.05, 0.1) is 25.3 Å². The number of hydrogen-bond acceptors (Lipinski definition) is 6. The van der Waals surface area contributed by atoms with Crippen LogP contribution in [0.25, 0.3) is 0 Å². The maximum atomic E-state index is 12.7. The van der Waals surface area contributed by atoms with Gasteiger partial charge in [0, 0.05) is 42.6 Å². The van der Waals surface area contributed by atoms with Crippen LogP contribution >= 0.6 is 0 Å². The number of nitrogens with one attached hydrogen (secondary N) is 1. The van der Waals surface area contributed by atoms with Gasteiger partial charge in [0.25, 0.3) is 0 Å². The highest BCUT2D eigenvalue weighted by Gasteiger charge is 2.46. The topological polar surface area (TPSA) is 87.6 Å². The lowest BCUT2D eigenvalue weighted by molar-refractivity contribution is -0.134. The van der Waals surface area contributed by atoms with Crippen molar-refractivity contribution < 1.29 is 14.6 Å². The Morgan fingerprint density at radius 1 is 1.31 bits per heavy atom. The number of anilines is 1. The zero-order valence-electron chi connectivity index (χ0n) is 18.4. The molecular formula is C22H36N4O3. The fraction of sp³-hybridized carbons (Fsp3) is 0.773. The second kappa shape index (κ2) is 8.96. The van der Waals surface area contributed by atoms with Crippen molar-refractivity contribution in [1.82, 2.24) is 14.9 Å². The number of carbonyl (C=O) groups is 1. The average Bonchev–Trinajstić information content (AvgIpc) is 3.03. The Kier molecular flexibility index (Phi) is 6.79. The van der Waals surface area contributed by atoms with Gasteiger partial charge in [-0.15, -0.1) is 0 Å². The van der Waals surface area contributed by atoms with E-state index in [0.717, 1.165) is 61.7 Å². The molecule has 1 fully saturated rings. The zero-order chi connectivity index (χ0) is 21.1. The second-order valence-corrected chi connectivity index (χ2v) is 9.27. The molecule has 1 amide bonds. The normalized spacial score (nSPS) is 21.5. The summed E-state index contributed by atoms with van der Waals surface area (Å²) in [6.07, 6.45) is 4.39. The highest BCUT2D eigenvalue weighted by Crippen LogP contribution is 2.46. The Labute approximate surface area is 174 Å². The molecule has 1 atom stereocenters. The van der Waals surface area contributed by atoms with Gasteiger partial charge in [-0.05, 0) is 32.6 Å². The lowest BCUT2D eigenvalue weighted by Gasteiger charge is -2.41. The van der Waals surface area contributed by atoms with Gasteiger partial charge in [0.1, 0.15) is 11.6 Å². The van der Waals surface area contributed by atoms with Crippen LogP contribution in [0.15, 0.2) is 0 Å². The molecule has 1 aliphatic carbocycles. The van der Waals surface area contributed by atoms with Crippen molar-refractivity contribution in [3.8, 4) is 0 Å². The van der Waals surface area contributed by atoms with E-state index in [9.17, 15) is 9.90 Å². The van der Waals surface area contributed by atoms with Gasteiger partial charge in [-0.1, -0.05) is 20.8 Å². The third-order valence-corrected chi connectivity index (χ3v) is 6.03. The van der Waals surface area contributed by atoms with Crippen LogP contribution in [-0.2, 0) is 26.8 Å². The molecule has 7 heteroatoms. The molecule has 1 unspecified atom stereocenters. The van der Waals surface area contributed by atoms with Crippen molar-refractivity contribution in [2.75, 3.05) is 44.8 Å². The number of likely N-dealkylation sites (tertiary alicyclic amines) is 1. The van der Waals surface area contributed by atoms with Crippen molar-refractivity contribution in [3.05, 3.63) is 17.1 Å². The van der Waals surface area contributed by atoms with Gasteiger partial charge in [-0.25, -0.2) is 9.97 Å². The maximum absolute atomic E-state index is 12.7. The molecule has 7 nitrogen and oxygen atoms in total. The van der Waals surface area contributed by atoms with Crippen LogP contribution in [0.1, 0.15) is 70.5 Å². The number of hydrogen-bond donors (Lipinski definition) is 2. The minimum absolute atomic E-state index is 0.0664. The minimum atomic E-state index is -0.171. The summed E-state index contributed by atoms with van der Waals surface area (Å²) in [6.45, 7) is 11.5. The van der Waals surface area contributed by atoms with E-state index in [-0.39, 0.29) is 23.3 Å². The molecule has 1 aromatic heterocycles. The number of aromatic nitrogens is 2. The molecule has 2 N–H and O–H groups in total. The van der Waals surface area contributed by atoms with E-state index in [0.29, 0.717) is 26.2 Å². The number of ether oxygens (including phenoxy) is 1. The summed E-state index contributed by atoms with van der Waals surface area (Å²) in [4.78, 5) is 24.6. The highest BCUT2D eigenvalue weighted by molar-refractivity contribution is 5.76. The maximum Gasteiger partial charge on any atom is 0.224 e. The summed E-state index contributed by atoms with van der Waals surface area (Å²) in [7, 11) is 0. The van der Waals surface area contributed by atoms with Crippen LogP contribution in [-0.4, -0.2) is 65.3 Å². The molecular weight excluding hydrogens is 368 g/mol. The molecule has 29 heavy (non-hydrogen) atoms. The largest absolute Gasteiger partial charge is 0.395 e. The third-order valence-electron chi connectivity index (χ3n) is 6.03. The average molecular weight is 405 g/mol. The molecule has 0 aromatic carbocycles. The first-order chi connectivity index (χ1) is 13.8. The summed E-state index contributed by atoms with van der Waals surface area (Å²) >= 11 is 0. The number of aliphatic hydroxyl groups excluding tert-OH is 1. The first-order valence-electron chi connectivity index (χ1n) is 10.9. The van der Waals surface area contributed by atoms with Crippen molar-refractivity contribution in [2.45, 2.75) is 70.6 Å². The van der Waals surface area contributed by atoms with Gasteiger partial charge < -0.3 is 20.1 Å². The fourth-order valence-corrected chi connectivity index (χ4v) is 4.50. The Balaban J connectivity index is 1.90. The van der Waals surface area contributed by atoms with E-state index in [1.54, 1.807) is 0 Å². The smallest absolute Gasteiger partial charge is 0.224 e. The number of amides is 1. The van der Waals surface area contributed by atoms with Crippen LogP contribution in [0.4, 0.5) is 5.82 Å². The predicted molar refractivity (Wildman–Crippen MR) is 113 cm³/mol. The molecule has 1 aliphatic heterocycles. The minimum Gasteiger partial charge on any atom is -0.395 e. The number of piperidine rings is 1. The fourth-order valence-electron chi connectivity index (χ4n) is 4.50. The number of rotatable bonds is 7. The number of nitrogens with zero attached hydrogens (tertiary/aromatic N) is 3. The molecule has 2 heterocycles. The van der Waals surface area contributed by atoms with E-state index in [1.807, 2.05) is 11.8 Å². The summed E-state index contributed by atoms with van der Waals surface area (Å²) in [6, 6.07) is 0. The molecule has 2 aliphatic rings. The lowest BCUT2D eigenvalue weighted by Crippen LogP contribution is -2.48. The first-order valence-corrected chi connectivity index (χ1v) is 10.9. The number of fused-ring (bicyclic) bond motifs is 2. The Morgan fingerprint density at radius 3 is 2.79 bits per heavy atom. The molecule has 162 valence electrons. The van der Waals surface area contributed by atoms with Crippen molar-refractivity contribution in [1.29, 1.82) is 0 Å². The Morgan fingerprint density at radius 2 is 2.10 bits per heavy atom. The number of carbonyl (C=O) groups excluding carboxylic acids is 1. The molecule has 0 bridgehead atoms. The van der Waals surface area contributed by atoms with Crippen LogP contribution in [0.5, 0.6) is 0 Å². The predicted octanol–water partition coefficient (Wildman–Crippen LogP) is 2.41. The number of aliphatic hydroxyl groups is 1. The van der Waals surface area contributed by atoms with Gasteiger partial charge in [0.2, 0.25) is 5.91 Å². The van der Waals surface area contributed by atoms with E-state index in [4.69, 9.17) is 14.7 Å². The monoisotopic (exact) mass is 404 g/mol. The summed E-state index contributed by atoms with van der Waals surface area (Å²) < 4.78 is 5.38. The lowest BCUT2D eigenvalue weighted by atomic mass is 9.77. The molecule has 0 radical (unpaired) electrons. The van der Waals surface area contributed by atoms with Crippen molar-refractivity contribution >= 4 is 11.7 Å². The van der Waals surface area contributed by atoms with Crippen molar-refractivity contribution in [2.24, 2.45) is 0 Å². The van der Waals surface area contributed by atoms with Gasteiger partial charge >= 0.3 is 0 Å². The molecule has 3 rings (SSSR count). The summed E-state index contributed by atoms with van der Waals surface area (Å²) in [5.41, 5.74) is 2.01. The zero-order valence-corrected chi connectivity index (χ0v) is 18.4.